The Balaban J connectivity index is 4.15. The molecule has 0 saturated heterocycles. The highest BCUT2D eigenvalue weighted by Gasteiger charge is 2.26. The Bertz CT molecular complexity index is 856. The zero-order chi connectivity index (χ0) is 37.5. The van der Waals surface area contributed by atoms with E-state index >= 15 is 0 Å². The molecule has 3 N–H and O–H groups in total. The van der Waals surface area contributed by atoms with Gasteiger partial charge in [-0.05, 0) is 38.5 Å². The highest BCUT2D eigenvalue weighted by atomic mass is 31.2. The van der Waals surface area contributed by atoms with Crippen LogP contribution < -0.4 is 5.73 Å². The molecule has 0 aliphatic rings. The highest BCUT2D eigenvalue weighted by molar-refractivity contribution is 7.47. The quantitative estimate of drug-likeness (QED) is 0.0272. The van der Waals surface area contributed by atoms with Crippen molar-refractivity contribution in [3.05, 3.63) is 12.2 Å². The second-order valence-corrected chi connectivity index (χ2v) is 15.7. The number of carbonyl (C=O) groups is 2. The van der Waals surface area contributed by atoms with Gasteiger partial charge >= 0.3 is 19.8 Å². The SMILES string of the molecule is CCCCCCC/C=C/CCCCCCCC(=O)OC[C@H](COP(=O)(O)OCCN)OC(=O)CCCCCCCCCCCCCCCCCC. The van der Waals surface area contributed by atoms with Crippen molar-refractivity contribution < 1.29 is 37.6 Å². The molecule has 0 aromatic carbocycles. The van der Waals surface area contributed by atoms with E-state index in [4.69, 9.17) is 24.3 Å². The standard InChI is InChI=1S/C41H80NO8P/c1-3-5-7-9-11-13-15-17-19-20-22-24-26-28-30-32-34-41(44)50-39(38-49-51(45,46)48-36-35-42)37-47-40(43)33-31-29-27-25-23-21-18-16-14-12-10-8-6-4-2/h16,18,39H,3-15,17,19-38,42H2,1-2H3,(H,45,46)/b18-16+/t39-/m1/s1. The monoisotopic (exact) mass is 746 g/mol. The van der Waals surface area contributed by atoms with Gasteiger partial charge < -0.3 is 20.1 Å². The van der Waals surface area contributed by atoms with Crippen molar-refractivity contribution in [2.24, 2.45) is 5.73 Å². The number of unbranched alkanes of at least 4 members (excludes halogenated alkanes) is 25. The van der Waals surface area contributed by atoms with Gasteiger partial charge in [-0.3, -0.25) is 18.6 Å². The molecule has 0 aliphatic heterocycles. The molecule has 0 heterocycles. The highest BCUT2D eigenvalue weighted by Crippen LogP contribution is 2.43. The van der Waals surface area contributed by atoms with Crippen LogP contribution in [0.5, 0.6) is 0 Å². The lowest BCUT2D eigenvalue weighted by atomic mass is 10.0. The van der Waals surface area contributed by atoms with E-state index < -0.39 is 26.5 Å². The smallest absolute Gasteiger partial charge is 0.462 e. The lowest BCUT2D eigenvalue weighted by molar-refractivity contribution is -0.161. The fraction of sp³-hybridized carbons (Fsp3) is 0.902. The predicted molar refractivity (Wildman–Crippen MR) is 211 cm³/mol. The van der Waals surface area contributed by atoms with Gasteiger partial charge in [-0.2, -0.15) is 0 Å². The summed E-state index contributed by atoms with van der Waals surface area (Å²) in [5.41, 5.74) is 5.34. The molecule has 2 atom stereocenters. The van der Waals surface area contributed by atoms with Gasteiger partial charge in [0.05, 0.1) is 13.2 Å². The molecular formula is C41H80NO8P. The van der Waals surface area contributed by atoms with Crippen LogP contribution in [-0.2, 0) is 32.7 Å². The first kappa shape index (κ1) is 49.8. The third kappa shape index (κ3) is 38.3. The van der Waals surface area contributed by atoms with Crippen LogP contribution >= 0.6 is 7.82 Å². The minimum absolute atomic E-state index is 0.0551. The minimum Gasteiger partial charge on any atom is -0.462 e. The van der Waals surface area contributed by atoms with Gasteiger partial charge in [0, 0.05) is 19.4 Å². The van der Waals surface area contributed by atoms with Crippen LogP contribution in [0.15, 0.2) is 12.2 Å². The average Bonchev–Trinajstić information content (AvgIpc) is 3.11. The molecule has 0 radical (unpaired) electrons. The van der Waals surface area contributed by atoms with Gasteiger partial charge in [0.2, 0.25) is 0 Å². The minimum atomic E-state index is -4.37. The van der Waals surface area contributed by atoms with Crippen molar-refractivity contribution in [2.75, 3.05) is 26.4 Å². The number of hydrogen-bond donors (Lipinski definition) is 2. The summed E-state index contributed by atoms with van der Waals surface area (Å²) in [7, 11) is -4.37. The number of ether oxygens (including phenoxy) is 2. The molecule has 1 unspecified atom stereocenters. The summed E-state index contributed by atoms with van der Waals surface area (Å²) in [6.45, 7) is 3.74. The van der Waals surface area contributed by atoms with Crippen LogP contribution in [0.1, 0.15) is 206 Å². The van der Waals surface area contributed by atoms with Crippen molar-refractivity contribution >= 4 is 19.8 Å². The number of carbonyl (C=O) groups excluding carboxylic acids is 2. The first-order chi connectivity index (χ1) is 24.8. The fourth-order valence-corrected chi connectivity index (χ4v) is 6.75. The molecule has 0 bridgehead atoms. The van der Waals surface area contributed by atoms with Crippen LogP contribution in [-0.4, -0.2) is 49.3 Å². The Labute approximate surface area is 313 Å². The van der Waals surface area contributed by atoms with Crippen LogP contribution in [0, 0.1) is 0 Å². The maximum absolute atomic E-state index is 12.6. The van der Waals surface area contributed by atoms with Crippen molar-refractivity contribution in [2.45, 2.75) is 213 Å². The summed E-state index contributed by atoms with van der Waals surface area (Å²) < 4.78 is 32.7. The van der Waals surface area contributed by atoms with E-state index in [9.17, 15) is 19.0 Å². The van der Waals surface area contributed by atoms with Gasteiger partial charge in [0.25, 0.3) is 0 Å². The number of phosphoric acid groups is 1. The summed E-state index contributed by atoms with van der Waals surface area (Å²) in [6.07, 6.45) is 38.1. The molecule has 302 valence electrons. The van der Waals surface area contributed by atoms with Crippen LogP contribution in [0.3, 0.4) is 0 Å². The first-order valence-electron chi connectivity index (χ1n) is 21.2. The van der Waals surface area contributed by atoms with E-state index in [0.29, 0.717) is 6.42 Å². The molecule has 0 aromatic rings. The van der Waals surface area contributed by atoms with Gasteiger partial charge in [-0.25, -0.2) is 4.57 Å². The van der Waals surface area contributed by atoms with Crippen LogP contribution in [0.2, 0.25) is 0 Å². The summed E-state index contributed by atoms with van der Waals surface area (Å²) in [5.74, 6) is -0.829. The maximum atomic E-state index is 12.6. The number of allylic oxidation sites excluding steroid dienone is 2. The molecule has 0 aromatic heterocycles. The number of esters is 2. The molecule has 0 saturated carbocycles. The molecule has 9 nitrogen and oxygen atoms in total. The third-order valence-electron chi connectivity index (χ3n) is 9.15. The molecule has 51 heavy (non-hydrogen) atoms. The Morgan fingerprint density at radius 2 is 0.961 bits per heavy atom. The van der Waals surface area contributed by atoms with Gasteiger partial charge in [-0.15, -0.1) is 0 Å². The topological polar surface area (TPSA) is 134 Å². The van der Waals surface area contributed by atoms with E-state index in [0.717, 1.165) is 51.4 Å². The number of hydrogen-bond acceptors (Lipinski definition) is 8. The van der Waals surface area contributed by atoms with Crippen molar-refractivity contribution in [3.8, 4) is 0 Å². The average molecular weight is 746 g/mol. The first-order valence-corrected chi connectivity index (χ1v) is 22.7. The molecule has 0 aliphatic carbocycles. The fourth-order valence-electron chi connectivity index (χ4n) is 5.98. The molecule has 0 amide bonds. The zero-order valence-electron chi connectivity index (χ0n) is 33.1. The summed E-state index contributed by atoms with van der Waals surface area (Å²) >= 11 is 0. The maximum Gasteiger partial charge on any atom is 0.472 e. The van der Waals surface area contributed by atoms with E-state index in [1.807, 2.05) is 0 Å². The third-order valence-corrected chi connectivity index (χ3v) is 10.1. The van der Waals surface area contributed by atoms with E-state index in [1.54, 1.807) is 0 Å². The van der Waals surface area contributed by atoms with E-state index in [-0.39, 0.29) is 38.6 Å². The van der Waals surface area contributed by atoms with E-state index in [1.165, 1.54) is 122 Å². The molecular weight excluding hydrogens is 665 g/mol. The molecule has 0 spiro atoms. The molecule has 0 rings (SSSR count). The van der Waals surface area contributed by atoms with Crippen molar-refractivity contribution in [1.29, 1.82) is 0 Å². The van der Waals surface area contributed by atoms with Crippen molar-refractivity contribution in [3.63, 3.8) is 0 Å². The largest absolute Gasteiger partial charge is 0.472 e. The van der Waals surface area contributed by atoms with Gasteiger partial charge in [0.1, 0.15) is 6.61 Å². The summed E-state index contributed by atoms with van der Waals surface area (Å²) in [4.78, 5) is 34.8. The molecule has 0 fully saturated rings. The second kappa shape index (κ2) is 38.5. The Morgan fingerprint density at radius 3 is 1.39 bits per heavy atom. The van der Waals surface area contributed by atoms with E-state index in [2.05, 4.69) is 26.0 Å². The number of nitrogens with two attached hydrogens (primary N) is 1. The van der Waals surface area contributed by atoms with Crippen LogP contribution in [0.4, 0.5) is 0 Å². The molecule has 10 heteroatoms. The number of rotatable bonds is 40. The normalized spacial score (nSPS) is 13.4. The Kier molecular flexibility index (Phi) is 37.5. The summed E-state index contributed by atoms with van der Waals surface area (Å²) in [6, 6.07) is 0. The lowest BCUT2D eigenvalue weighted by Gasteiger charge is -2.19. The Morgan fingerprint density at radius 1 is 0.569 bits per heavy atom. The lowest BCUT2D eigenvalue weighted by Crippen LogP contribution is -2.29. The van der Waals surface area contributed by atoms with Crippen LogP contribution in [0.25, 0.3) is 0 Å². The predicted octanol–water partition coefficient (Wildman–Crippen LogP) is 11.8. The summed E-state index contributed by atoms with van der Waals surface area (Å²) in [5, 5.41) is 0. The zero-order valence-corrected chi connectivity index (χ0v) is 34.0. The van der Waals surface area contributed by atoms with Crippen molar-refractivity contribution in [1.82, 2.24) is 0 Å². The number of phosphoric ester groups is 1. The van der Waals surface area contributed by atoms with Gasteiger partial charge in [0.15, 0.2) is 6.10 Å². The van der Waals surface area contributed by atoms with Gasteiger partial charge in [-0.1, -0.05) is 167 Å². The second-order valence-electron chi connectivity index (χ2n) is 14.2. The Hall–Kier alpha value is -1.25.